The van der Waals surface area contributed by atoms with Gasteiger partial charge in [-0.05, 0) is 24.3 Å². The molecule has 0 aliphatic rings. The molecule has 0 heterocycles. The van der Waals surface area contributed by atoms with E-state index >= 15 is 0 Å². The second-order valence-electron chi connectivity index (χ2n) is 3.84. The SMILES string of the molecule is COc1ccc(S(=O)(=O)C[S+](C)(C)=O)cc1. The van der Waals surface area contributed by atoms with Gasteiger partial charge in [0.15, 0.2) is 0 Å². The van der Waals surface area contributed by atoms with Crippen LogP contribution in [-0.4, -0.2) is 33.1 Å². The predicted octanol–water partition coefficient (Wildman–Crippen LogP) is 1.19. The van der Waals surface area contributed by atoms with Crippen LogP contribution in [0, 0.1) is 0 Å². The minimum atomic E-state index is -3.47. The van der Waals surface area contributed by atoms with Crippen molar-refractivity contribution in [1.29, 1.82) is 0 Å². The average molecular weight is 263 g/mol. The molecular weight excluding hydrogens is 248 g/mol. The highest BCUT2D eigenvalue weighted by Gasteiger charge is 2.26. The molecule has 6 heteroatoms. The Bertz CT molecular complexity index is 496. The van der Waals surface area contributed by atoms with E-state index in [0.29, 0.717) is 5.75 Å². The maximum absolute atomic E-state index is 11.8. The van der Waals surface area contributed by atoms with Crippen molar-refractivity contribution in [3.8, 4) is 5.75 Å². The Morgan fingerprint density at radius 1 is 1.19 bits per heavy atom. The normalized spacial score (nSPS) is 12.4. The molecule has 0 radical (unpaired) electrons. The topological polar surface area (TPSA) is 60.4 Å². The summed E-state index contributed by atoms with van der Waals surface area (Å²) in [7, 11) is -4.28. The summed E-state index contributed by atoms with van der Waals surface area (Å²) in [6.07, 6.45) is 2.88. The minimum absolute atomic E-state index is 0.171. The van der Waals surface area contributed by atoms with Crippen molar-refractivity contribution in [2.24, 2.45) is 0 Å². The first-order valence-electron chi connectivity index (χ1n) is 4.53. The number of hydrogen-bond donors (Lipinski definition) is 0. The van der Waals surface area contributed by atoms with Crippen LogP contribution in [0.2, 0.25) is 0 Å². The van der Waals surface area contributed by atoms with Gasteiger partial charge in [0.1, 0.15) is 18.3 Å². The first kappa shape index (κ1) is 13.2. The molecule has 0 N–H and O–H groups in total. The Kier molecular flexibility index (Phi) is 3.75. The number of rotatable bonds is 4. The molecule has 1 aromatic rings. The lowest BCUT2D eigenvalue weighted by molar-refractivity contribution is 0.414. The van der Waals surface area contributed by atoms with Crippen LogP contribution < -0.4 is 4.74 Å². The van der Waals surface area contributed by atoms with Gasteiger partial charge in [0, 0.05) is 0 Å². The van der Waals surface area contributed by atoms with Crippen molar-refractivity contribution in [3.63, 3.8) is 0 Å². The van der Waals surface area contributed by atoms with Crippen LogP contribution in [0.1, 0.15) is 0 Å². The Labute approximate surface area is 97.0 Å². The lowest BCUT2D eigenvalue weighted by Gasteiger charge is -2.05. The Balaban J connectivity index is 3.04. The zero-order chi connectivity index (χ0) is 12.4. The second-order valence-corrected chi connectivity index (χ2v) is 9.36. The van der Waals surface area contributed by atoms with Gasteiger partial charge in [-0.2, -0.15) is 0 Å². The molecule has 1 rings (SSSR count). The molecule has 90 valence electrons. The molecule has 0 bridgehead atoms. The second kappa shape index (κ2) is 4.55. The fourth-order valence-corrected chi connectivity index (χ4v) is 5.31. The van der Waals surface area contributed by atoms with Crippen molar-refractivity contribution in [2.45, 2.75) is 4.90 Å². The molecule has 0 aliphatic carbocycles. The van der Waals surface area contributed by atoms with E-state index in [1.165, 1.54) is 31.8 Å². The van der Waals surface area contributed by atoms with E-state index in [4.69, 9.17) is 4.74 Å². The number of benzene rings is 1. The fraction of sp³-hybridized carbons (Fsp3) is 0.400. The summed E-state index contributed by atoms with van der Waals surface area (Å²) in [4.78, 5) is 0.171. The van der Waals surface area contributed by atoms with Crippen molar-refractivity contribution < 1.29 is 17.4 Å². The Hall–Kier alpha value is -0.880. The van der Waals surface area contributed by atoms with Gasteiger partial charge in [0.05, 0.1) is 21.9 Å². The van der Waals surface area contributed by atoms with Crippen LogP contribution in [0.3, 0.4) is 0 Å². The standard InChI is InChI=1S/C10H15O4S2/c1-14-9-4-6-10(7-5-9)16(12,13)8-15(2,3)11/h4-7H,8H2,1-3H3/q+1. The third-order valence-electron chi connectivity index (χ3n) is 1.86. The molecule has 0 atom stereocenters. The lowest BCUT2D eigenvalue weighted by atomic mass is 10.3. The molecule has 0 saturated carbocycles. The summed E-state index contributed by atoms with van der Waals surface area (Å²) >= 11 is 0. The summed E-state index contributed by atoms with van der Waals surface area (Å²) in [5.41, 5.74) is 0. The van der Waals surface area contributed by atoms with Gasteiger partial charge in [0.25, 0.3) is 0 Å². The maximum Gasteiger partial charge on any atom is 0.223 e. The maximum atomic E-state index is 11.8. The van der Waals surface area contributed by atoms with Gasteiger partial charge in [-0.25, -0.2) is 8.42 Å². The third kappa shape index (κ3) is 3.61. The highest BCUT2D eigenvalue weighted by atomic mass is 32.3. The first-order chi connectivity index (χ1) is 7.24. The lowest BCUT2D eigenvalue weighted by Crippen LogP contribution is -2.19. The zero-order valence-corrected chi connectivity index (χ0v) is 11.1. The Morgan fingerprint density at radius 3 is 2.06 bits per heavy atom. The molecule has 0 amide bonds. The van der Waals surface area contributed by atoms with Crippen molar-refractivity contribution in [2.75, 3.05) is 24.7 Å². The van der Waals surface area contributed by atoms with E-state index < -0.39 is 19.8 Å². The molecule has 0 aromatic heterocycles. The predicted molar refractivity (Wildman–Crippen MR) is 64.9 cm³/mol. The van der Waals surface area contributed by atoms with Gasteiger partial charge in [0.2, 0.25) is 14.9 Å². The van der Waals surface area contributed by atoms with E-state index in [0.717, 1.165) is 0 Å². The summed E-state index contributed by atoms with van der Waals surface area (Å²) in [5, 5.41) is -0.327. The summed E-state index contributed by atoms with van der Waals surface area (Å²) < 4.78 is 40.1. The van der Waals surface area contributed by atoms with E-state index in [1.54, 1.807) is 12.1 Å². The van der Waals surface area contributed by atoms with Gasteiger partial charge in [-0.1, -0.05) is 0 Å². The van der Waals surface area contributed by atoms with Crippen LogP contribution >= 0.6 is 0 Å². The van der Waals surface area contributed by atoms with E-state index in [2.05, 4.69) is 0 Å². The average Bonchev–Trinajstić information content (AvgIpc) is 2.14. The van der Waals surface area contributed by atoms with Crippen LogP contribution in [0.25, 0.3) is 0 Å². The quantitative estimate of drug-likeness (QED) is 0.765. The number of hydrogen-bond acceptors (Lipinski definition) is 4. The molecule has 16 heavy (non-hydrogen) atoms. The molecule has 4 nitrogen and oxygen atoms in total. The van der Waals surface area contributed by atoms with Crippen LogP contribution in [0.5, 0.6) is 5.75 Å². The molecule has 0 unspecified atom stereocenters. The van der Waals surface area contributed by atoms with Gasteiger partial charge >= 0.3 is 0 Å². The summed E-state index contributed by atoms with van der Waals surface area (Å²) in [5.74, 6) is 0.590. The summed E-state index contributed by atoms with van der Waals surface area (Å²) in [6, 6.07) is 6.05. The van der Waals surface area contributed by atoms with Crippen LogP contribution in [0.4, 0.5) is 0 Å². The molecule has 0 spiro atoms. The number of methoxy groups -OCH3 is 1. The van der Waals surface area contributed by atoms with Crippen molar-refractivity contribution >= 4 is 19.8 Å². The van der Waals surface area contributed by atoms with Crippen LogP contribution in [-0.2, 0) is 24.0 Å². The third-order valence-corrected chi connectivity index (χ3v) is 6.36. The molecule has 1 aromatic carbocycles. The molecule has 0 aliphatic heterocycles. The molecular formula is C10H15O4S2+. The van der Waals surface area contributed by atoms with E-state index in [1.807, 2.05) is 0 Å². The Morgan fingerprint density at radius 2 is 1.69 bits per heavy atom. The van der Waals surface area contributed by atoms with Crippen molar-refractivity contribution in [3.05, 3.63) is 24.3 Å². The highest BCUT2D eigenvalue weighted by molar-refractivity contribution is 8.13. The van der Waals surface area contributed by atoms with Gasteiger partial charge < -0.3 is 4.74 Å². The highest BCUT2D eigenvalue weighted by Crippen LogP contribution is 2.18. The molecule has 0 fully saturated rings. The first-order valence-corrected chi connectivity index (χ1v) is 8.73. The monoisotopic (exact) mass is 263 g/mol. The smallest absolute Gasteiger partial charge is 0.223 e. The minimum Gasteiger partial charge on any atom is -0.497 e. The van der Waals surface area contributed by atoms with Gasteiger partial charge in [-0.15, -0.1) is 4.21 Å². The van der Waals surface area contributed by atoms with Crippen LogP contribution in [0.15, 0.2) is 29.2 Å². The van der Waals surface area contributed by atoms with E-state index in [9.17, 15) is 12.6 Å². The van der Waals surface area contributed by atoms with Gasteiger partial charge in [-0.3, -0.25) is 0 Å². The van der Waals surface area contributed by atoms with Crippen molar-refractivity contribution in [1.82, 2.24) is 0 Å². The largest absolute Gasteiger partial charge is 0.497 e. The number of ether oxygens (including phenoxy) is 1. The molecule has 0 saturated heterocycles. The van der Waals surface area contributed by atoms with E-state index in [-0.39, 0.29) is 9.98 Å². The fourth-order valence-electron chi connectivity index (χ4n) is 1.22. The number of sulfone groups is 1. The zero-order valence-electron chi connectivity index (χ0n) is 9.47. The summed E-state index contributed by atoms with van der Waals surface area (Å²) in [6.45, 7) is 0.